The fourth-order valence-electron chi connectivity index (χ4n) is 1.94. The van der Waals surface area contributed by atoms with Crippen molar-refractivity contribution in [2.24, 2.45) is 0 Å². The third-order valence-corrected chi connectivity index (χ3v) is 3.44. The summed E-state index contributed by atoms with van der Waals surface area (Å²) < 4.78 is 0.950. The van der Waals surface area contributed by atoms with Gasteiger partial charge in [-0.25, -0.2) is 0 Å². The van der Waals surface area contributed by atoms with Gasteiger partial charge in [0.1, 0.15) is 6.07 Å². The zero-order valence-corrected chi connectivity index (χ0v) is 11.6. The average molecular weight is 281 g/mol. The summed E-state index contributed by atoms with van der Waals surface area (Å²) in [5.41, 5.74) is 1.74. The van der Waals surface area contributed by atoms with E-state index in [2.05, 4.69) is 47.8 Å². The van der Waals surface area contributed by atoms with Crippen LogP contribution in [-0.2, 0) is 0 Å². The molecule has 86 valence electrons. The van der Waals surface area contributed by atoms with Gasteiger partial charge in [-0.3, -0.25) is 0 Å². The van der Waals surface area contributed by atoms with Crippen LogP contribution in [0.1, 0.15) is 32.3 Å². The molecule has 0 radical (unpaired) electrons. The normalized spacial score (nSPS) is 10.2. The van der Waals surface area contributed by atoms with E-state index >= 15 is 0 Å². The summed E-state index contributed by atoms with van der Waals surface area (Å²) in [4.78, 5) is 2.20. The van der Waals surface area contributed by atoms with Gasteiger partial charge < -0.3 is 4.90 Å². The van der Waals surface area contributed by atoms with Crippen molar-refractivity contribution in [1.82, 2.24) is 0 Å². The minimum atomic E-state index is 0.494. The molecule has 1 aromatic rings. The van der Waals surface area contributed by atoms with Crippen LogP contribution >= 0.6 is 15.9 Å². The summed E-state index contributed by atoms with van der Waals surface area (Å²) in [6, 6.07) is 8.59. The van der Waals surface area contributed by atoms with Gasteiger partial charge in [0.15, 0.2) is 0 Å². The van der Waals surface area contributed by atoms with Gasteiger partial charge >= 0.3 is 0 Å². The summed E-state index contributed by atoms with van der Waals surface area (Å²) in [5.74, 6) is 0. The summed E-state index contributed by atoms with van der Waals surface area (Å²) in [5, 5.41) is 9.12. The molecule has 0 amide bonds. The zero-order chi connectivity index (χ0) is 12.1. The Morgan fingerprint density at radius 1 is 1.38 bits per heavy atom. The van der Waals surface area contributed by atoms with Crippen molar-refractivity contribution in [1.29, 1.82) is 5.26 Å². The molecule has 1 aromatic carbocycles. The van der Waals surface area contributed by atoms with Crippen LogP contribution in [0.2, 0.25) is 0 Å². The lowest BCUT2D eigenvalue weighted by molar-refractivity contribution is 0.591. The van der Waals surface area contributed by atoms with E-state index in [4.69, 9.17) is 5.26 Å². The van der Waals surface area contributed by atoms with E-state index in [9.17, 15) is 0 Å². The second kappa shape index (κ2) is 5.91. The Hall–Kier alpha value is -1.01. The molecule has 3 heteroatoms. The predicted octanol–water partition coefficient (Wildman–Crippen LogP) is 3.95. The molecule has 0 fully saturated rings. The second-order valence-electron chi connectivity index (χ2n) is 3.85. The van der Waals surface area contributed by atoms with E-state index in [-0.39, 0.29) is 0 Å². The highest BCUT2D eigenvalue weighted by atomic mass is 79.9. The van der Waals surface area contributed by atoms with Gasteiger partial charge in [0.05, 0.1) is 11.3 Å². The van der Waals surface area contributed by atoms with Crippen LogP contribution in [0.4, 0.5) is 5.69 Å². The lowest BCUT2D eigenvalue weighted by Crippen LogP contribution is -2.30. The first kappa shape index (κ1) is 13.1. The molecule has 0 unspecified atom stereocenters. The molecule has 0 N–H and O–H groups in total. The number of anilines is 1. The first-order chi connectivity index (χ1) is 7.63. The Bertz CT molecular complexity index is 391. The predicted molar refractivity (Wildman–Crippen MR) is 71.6 cm³/mol. The second-order valence-corrected chi connectivity index (χ2v) is 4.77. The molecule has 0 aliphatic heterocycles. The molecule has 0 aliphatic rings. The van der Waals surface area contributed by atoms with Crippen molar-refractivity contribution < 1.29 is 0 Å². The largest absolute Gasteiger partial charge is 0.371 e. The zero-order valence-electron chi connectivity index (χ0n) is 10.00. The number of nitrogens with zero attached hydrogens (tertiary/aromatic N) is 2. The highest BCUT2D eigenvalue weighted by Gasteiger charge is 2.14. The molecule has 0 aromatic heterocycles. The van der Waals surface area contributed by atoms with Crippen molar-refractivity contribution in [3.8, 4) is 6.07 Å². The lowest BCUT2D eigenvalue weighted by atomic mass is 10.1. The highest BCUT2D eigenvalue weighted by Crippen LogP contribution is 2.25. The van der Waals surface area contributed by atoms with Crippen LogP contribution < -0.4 is 4.90 Å². The average Bonchev–Trinajstić information content (AvgIpc) is 2.30. The molecule has 0 aliphatic carbocycles. The first-order valence-electron chi connectivity index (χ1n) is 5.56. The third kappa shape index (κ3) is 2.76. The van der Waals surface area contributed by atoms with Gasteiger partial charge in [0.25, 0.3) is 0 Å². The van der Waals surface area contributed by atoms with Crippen LogP contribution in [0.25, 0.3) is 0 Å². The highest BCUT2D eigenvalue weighted by molar-refractivity contribution is 9.10. The van der Waals surface area contributed by atoms with Gasteiger partial charge in [-0.2, -0.15) is 5.26 Å². The Labute approximate surface area is 106 Å². The van der Waals surface area contributed by atoms with Crippen LogP contribution in [0.3, 0.4) is 0 Å². The Morgan fingerprint density at radius 3 is 2.50 bits per heavy atom. The molecule has 1 rings (SSSR count). The van der Waals surface area contributed by atoms with E-state index < -0.39 is 0 Å². The minimum Gasteiger partial charge on any atom is -0.371 e. The van der Waals surface area contributed by atoms with Crippen molar-refractivity contribution >= 4 is 21.6 Å². The van der Waals surface area contributed by atoms with Crippen molar-refractivity contribution in [2.75, 3.05) is 11.9 Å². The Kier molecular flexibility index (Phi) is 4.82. The molecule has 0 spiro atoms. The summed E-state index contributed by atoms with van der Waals surface area (Å²) in [6.45, 7) is 4.35. The van der Waals surface area contributed by atoms with E-state index in [1.54, 1.807) is 0 Å². The maximum Gasteiger partial charge on any atom is 0.101 e. The SMILES string of the molecule is CCC(CC)N(C)c1ccc(Br)cc1C#N. The maximum atomic E-state index is 9.12. The van der Waals surface area contributed by atoms with Crippen molar-refractivity contribution in [3.63, 3.8) is 0 Å². The molecule has 0 heterocycles. The Morgan fingerprint density at radius 2 is 2.00 bits per heavy atom. The summed E-state index contributed by atoms with van der Waals surface area (Å²) in [6.07, 6.45) is 2.18. The number of nitriles is 1. The molecule has 0 saturated heterocycles. The van der Waals surface area contributed by atoms with Crippen molar-refractivity contribution in [2.45, 2.75) is 32.7 Å². The summed E-state index contributed by atoms with van der Waals surface area (Å²) in [7, 11) is 2.06. The number of benzene rings is 1. The fraction of sp³-hybridized carbons (Fsp3) is 0.462. The van der Waals surface area contributed by atoms with Gasteiger partial charge in [0.2, 0.25) is 0 Å². The third-order valence-electron chi connectivity index (χ3n) is 2.95. The number of hydrogen-bond acceptors (Lipinski definition) is 2. The number of rotatable bonds is 4. The van der Waals surface area contributed by atoms with Gasteiger partial charge in [-0.05, 0) is 31.0 Å². The number of halogens is 1. The topological polar surface area (TPSA) is 27.0 Å². The molecule has 2 nitrogen and oxygen atoms in total. The number of hydrogen-bond donors (Lipinski definition) is 0. The van der Waals surface area contributed by atoms with Crippen molar-refractivity contribution in [3.05, 3.63) is 28.2 Å². The monoisotopic (exact) mass is 280 g/mol. The molecule has 16 heavy (non-hydrogen) atoms. The smallest absolute Gasteiger partial charge is 0.101 e. The maximum absolute atomic E-state index is 9.12. The van der Waals surface area contributed by atoms with Gasteiger partial charge in [0, 0.05) is 17.6 Å². The minimum absolute atomic E-state index is 0.494. The Balaban J connectivity index is 3.08. The van der Waals surface area contributed by atoms with Crippen LogP contribution in [-0.4, -0.2) is 13.1 Å². The van der Waals surface area contributed by atoms with E-state index in [0.29, 0.717) is 6.04 Å². The van der Waals surface area contributed by atoms with Gasteiger partial charge in [-0.15, -0.1) is 0 Å². The quantitative estimate of drug-likeness (QED) is 0.835. The molecule has 0 bridgehead atoms. The van der Waals surface area contributed by atoms with E-state index in [1.165, 1.54) is 0 Å². The molecular weight excluding hydrogens is 264 g/mol. The van der Waals surface area contributed by atoms with Gasteiger partial charge in [-0.1, -0.05) is 29.8 Å². The van der Waals surface area contributed by atoms with Crippen LogP contribution in [0, 0.1) is 11.3 Å². The fourth-order valence-corrected chi connectivity index (χ4v) is 2.30. The van der Waals surface area contributed by atoms with Crippen LogP contribution in [0.5, 0.6) is 0 Å². The van der Waals surface area contributed by atoms with Crippen LogP contribution in [0.15, 0.2) is 22.7 Å². The molecule has 0 atom stereocenters. The lowest BCUT2D eigenvalue weighted by Gasteiger charge is -2.29. The van der Waals surface area contributed by atoms with E-state index in [1.807, 2.05) is 18.2 Å². The molecule has 0 saturated carbocycles. The van der Waals surface area contributed by atoms with E-state index in [0.717, 1.165) is 28.6 Å². The first-order valence-corrected chi connectivity index (χ1v) is 6.35. The standard InChI is InChI=1S/C13H17BrN2/c1-4-12(5-2)16(3)13-7-6-11(14)8-10(13)9-15/h6-8,12H,4-5H2,1-3H3. The summed E-state index contributed by atoms with van der Waals surface area (Å²) >= 11 is 3.39. The molecular formula is C13H17BrN2.